The predicted molar refractivity (Wildman–Crippen MR) is 89.5 cm³/mol. The van der Waals surface area contributed by atoms with E-state index in [2.05, 4.69) is 34.6 Å². The average molecular weight is 305 g/mol. The van der Waals surface area contributed by atoms with Crippen molar-refractivity contribution >= 4 is 23.4 Å². The number of hydrogen-bond acceptors (Lipinski definition) is 4. The van der Waals surface area contributed by atoms with Gasteiger partial charge >= 0.3 is 0 Å². The second-order valence-corrected chi connectivity index (χ2v) is 6.73. The molecule has 0 aromatic heterocycles. The Labute approximate surface area is 131 Å². The predicted octanol–water partition coefficient (Wildman–Crippen LogP) is 2.51. The summed E-state index contributed by atoms with van der Waals surface area (Å²) in [5, 5.41) is 4.17. The lowest BCUT2D eigenvalue weighted by Crippen LogP contribution is -2.33. The summed E-state index contributed by atoms with van der Waals surface area (Å²) in [6.45, 7) is 3.97. The third-order valence-electron chi connectivity index (χ3n) is 3.60. The van der Waals surface area contributed by atoms with E-state index in [1.54, 1.807) is 11.8 Å². The highest BCUT2D eigenvalue weighted by Gasteiger charge is 2.15. The molecule has 1 heterocycles. The van der Waals surface area contributed by atoms with E-state index in [4.69, 9.17) is 0 Å². The Morgan fingerprint density at radius 3 is 2.67 bits per heavy atom. The average Bonchev–Trinajstić information content (AvgIpc) is 2.52. The number of benzene rings is 1. The van der Waals surface area contributed by atoms with Crippen molar-refractivity contribution in [2.24, 2.45) is 5.10 Å². The van der Waals surface area contributed by atoms with Crippen LogP contribution in [0.15, 0.2) is 35.4 Å². The van der Waals surface area contributed by atoms with Crippen molar-refractivity contribution in [3.63, 3.8) is 0 Å². The number of carbonyl (C=O) groups is 1. The number of nitrogens with one attached hydrogen (secondary N) is 1. The van der Waals surface area contributed by atoms with Crippen molar-refractivity contribution in [1.29, 1.82) is 0 Å². The first kappa shape index (κ1) is 16.0. The van der Waals surface area contributed by atoms with E-state index in [0.29, 0.717) is 0 Å². The lowest BCUT2D eigenvalue weighted by atomic mass is 10.1. The fourth-order valence-electron chi connectivity index (χ4n) is 2.08. The summed E-state index contributed by atoms with van der Waals surface area (Å²) < 4.78 is 0. The second kappa shape index (κ2) is 8.20. The fraction of sp³-hybridized carbons (Fsp3) is 0.500. The quantitative estimate of drug-likeness (QED) is 0.850. The number of likely N-dealkylation sites (tertiary alicyclic amines) is 1. The minimum Gasteiger partial charge on any atom is -0.306 e. The number of piperidine rings is 1. The number of amides is 1. The maximum absolute atomic E-state index is 12.0. The van der Waals surface area contributed by atoms with E-state index >= 15 is 0 Å². The molecular formula is C16H23N3OS. The highest BCUT2D eigenvalue weighted by Crippen LogP contribution is 2.17. The van der Waals surface area contributed by atoms with Crippen LogP contribution in [0.1, 0.15) is 25.3 Å². The second-order valence-electron chi connectivity index (χ2n) is 5.40. The first-order chi connectivity index (χ1) is 10.1. The van der Waals surface area contributed by atoms with Gasteiger partial charge in [0.2, 0.25) is 0 Å². The Balaban J connectivity index is 1.73. The van der Waals surface area contributed by atoms with Crippen LogP contribution in [0.2, 0.25) is 0 Å². The van der Waals surface area contributed by atoms with Gasteiger partial charge < -0.3 is 4.90 Å². The highest BCUT2D eigenvalue weighted by molar-refractivity contribution is 7.99. The van der Waals surface area contributed by atoms with Crippen LogP contribution in [0.5, 0.6) is 0 Å². The third-order valence-corrected chi connectivity index (χ3v) is 4.81. The van der Waals surface area contributed by atoms with E-state index in [1.807, 2.05) is 25.1 Å². The molecule has 0 bridgehead atoms. The molecule has 0 saturated carbocycles. The van der Waals surface area contributed by atoms with E-state index in [0.717, 1.165) is 37.4 Å². The van der Waals surface area contributed by atoms with Crippen LogP contribution in [-0.2, 0) is 10.5 Å². The third kappa shape index (κ3) is 5.52. The van der Waals surface area contributed by atoms with Gasteiger partial charge in [-0.2, -0.15) is 5.10 Å². The van der Waals surface area contributed by atoms with E-state index < -0.39 is 0 Å². The molecule has 1 aliphatic heterocycles. The van der Waals surface area contributed by atoms with Gasteiger partial charge in [-0.1, -0.05) is 30.3 Å². The van der Waals surface area contributed by atoms with Gasteiger partial charge in [-0.25, -0.2) is 5.43 Å². The molecule has 1 atom stereocenters. The molecule has 1 aromatic rings. The molecule has 2 rings (SSSR count). The maximum atomic E-state index is 12.0. The topological polar surface area (TPSA) is 44.7 Å². The first-order valence-electron chi connectivity index (χ1n) is 7.34. The molecule has 21 heavy (non-hydrogen) atoms. The minimum absolute atomic E-state index is 0.0117. The standard InChI is InChI=1S/C16H23N3OS/c1-13(21-12-14-6-4-3-5-7-14)16(20)18-17-15-8-10-19(2)11-9-15/h3-7,13H,8-12H2,1-2H3,(H,18,20)/t13-/m1/s1. The molecule has 0 unspecified atom stereocenters. The minimum atomic E-state index is -0.0965. The monoisotopic (exact) mass is 305 g/mol. The van der Waals surface area contributed by atoms with Gasteiger partial charge in [0.25, 0.3) is 5.91 Å². The van der Waals surface area contributed by atoms with Crippen molar-refractivity contribution in [3.05, 3.63) is 35.9 Å². The summed E-state index contributed by atoms with van der Waals surface area (Å²) in [6, 6.07) is 10.2. The number of hydrazone groups is 1. The lowest BCUT2D eigenvalue weighted by molar-refractivity contribution is -0.120. The number of rotatable bonds is 5. The van der Waals surface area contributed by atoms with E-state index in [1.165, 1.54) is 5.56 Å². The van der Waals surface area contributed by atoms with Crippen LogP contribution in [0.3, 0.4) is 0 Å². The molecular weight excluding hydrogens is 282 g/mol. The summed E-state index contributed by atoms with van der Waals surface area (Å²) in [6.07, 6.45) is 1.89. The molecule has 1 aliphatic rings. The molecule has 1 saturated heterocycles. The molecule has 0 spiro atoms. The summed E-state index contributed by atoms with van der Waals surface area (Å²) in [4.78, 5) is 14.3. The molecule has 4 nitrogen and oxygen atoms in total. The van der Waals surface area contributed by atoms with Gasteiger partial charge in [0.05, 0.1) is 5.25 Å². The van der Waals surface area contributed by atoms with Gasteiger partial charge in [-0.15, -0.1) is 11.8 Å². The summed E-state index contributed by atoms with van der Waals surface area (Å²) >= 11 is 1.64. The number of carbonyl (C=O) groups excluding carboxylic acids is 1. The van der Waals surface area contributed by atoms with Crippen molar-refractivity contribution < 1.29 is 4.79 Å². The Morgan fingerprint density at radius 2 is 2.00 bits per heavy atom. The van der Waals surface area contributed by atoms with Crippen molar-refractivity contribution in [1.82, 2.24) is 10.3 Å². The van der Waals surface area contributed by atoms with Gasteiger partial charge in [-0.3, -0.25) is 4.79 Å². The van der Waals surface area contributed by atoms with Gasteiger partial charge in [0.15, 0.2) is 0 Å². The molecule has 1 aromatic carbocycles. The zero-order valence-corrected chi connectivity index (χ0v) is 13.5. The lowest BCUT2D eigenvalue weighted by Gasteiger charge is -2.22. The van der Waals surface area contributed by atoms with Crippen LogP contribution in [-0.4, -0.2) is 41.9 Å². The molecule has 1 fully saturated rings. The van der Waals surface area contributed by atoms with Crippen LogP contribution >= 0.6 is 11.8 Å². The maximum Gasteiger partial charge on any atom is 0.252 e. The number of thioether (sulfide) groups is 1. The summed E-state index contributed by atoms with van der Waals surface area (Å²) in [5.41, 5.74) is 5.05. The van der Waals surface area contributed by atoms with Crippen molar-refractivity contribution in [2.45, 2.75) is 30.8 Å². The van der Waals surface area contributed by atoms with Crippen molar-refractivity contribution in [2.75, 3.05) is 20.1 Å². The molecule has 5 heteroatoms. The van der Waals surface area contributed by atoms with Gasteiger partial charge in [0, 0.05) is 37.4 Å². The Kier molecular flexibility index (Phi) is 6.26. The Morgan fingerprint density at radius 1 is 1.33 bits per heavy atom. The molecule has 0 radical (unpaired) electrons. The van der Waals surface area contributed by atoms with E-state index in [9.17, 15) is 4.79 Å². The fourth-order valence-corrected chi connectivity index (χ4v) is 2.92. The van der Waals surface area contributed by atoms with Crippen molar-refractivity contribution in [3.8, 4) is 0 Å². The van der Waals surface area contributed by atoms with E-state index in [-0.39, 0.29) is 11.2 Å². The summed E-state index contributed by atoms with van der Waals surface area (Å²) in [5.74, 6) is 0.832. The van der Waals surface area contributed by atoms with Crippen LogP contribution < -0.4 is 5.43 Å². The Hall–Kier alpha value is -1.33. The number of hydrogen-bond donors (Lipinski definition) is 1. The van der Waals surface area contributed by atoms with Gasteiger partial charge in [-0.05, 0) is 19.5 Å². The number of nitrogens with zero attached hydrogens (tertiary/aromatic N) is 2. The largest absolute Gasteiger partial charge is 0.306 e. The molecule has 0 aliphatic carbocycles. The smallest absolute Gasteiger partial charge is 0.252 e. The zero-order chi connectivity index (χ0) is 15.1. The van der Waals surface area contributed by atoms with Gasteiger partial charge in [0.1, 0.15) is 0 Å². The van der Waals surface area contributed by atoms with Crippen LogP contribution in [0.4, 0.5) is 0 Å². The molecule has 1 N–H and O–H groups in total. The molecule has 1 amide bonds. The normalized spacial score (nSPS) is 17.3. The SMILES string of the molecule is C[C@@H](SCc1ccccc1)C(=O)NN=C1CCN(C)CC1. The highest BCUT2D eigenvalue weighted by atomic mass is 32.2. The van der Waals surface area contributed by atoms with Crippen LogP contribution in [0, 0.1) is 0 Å². The Bertz CT molecular complexity index is 480. The van der Waals surface area contributed by atoms with Crippen LogP contribution in [0.25, 0.3) is 0 Å². The zero-order valence-electron chi connectivity index (χ0n) is 12.7. The summed E-state index contributed by atoms with van der Waals surface area (Å²) in [7, 11) is 2.11. The molecule has 114 valence electrons. The first-order valence-corrected chi connectivity index (χ1v) is 8.39.